The highest BCUT2D eigenvalue weighted by molar-refractivity contribution is 5.83. The molecule has 0 fully saturated rings. The molecule has 0 bridgehead atoms. The summed E-state index contributed by atoms with van der Waals surface area (Å²) in [6, 6.07) is 6.47. The Hall–Kier alpha value is -1.91. The number of anilines is 1. The maximum atomic E-state index is 10.8. The van der Waals surface area contributed by atoms with Crippen molar-refractivity contribution in [2.75, 3.05) is 5.43 Å². The third-order valence-electron chi connectivity index (χ3n) is 2.17. The molecule has 17 heavy (non-hydrogen) atoms. The number of nitro groups is 1. The summed E-state index contributed by atoms with van der Waals surface area (Å²) in [6.45, 7) is 6.11. The Morgan fingerprint density at radius 1 is 1.47 bits per heavy atom. The lowest BCUT2D eigenvalue weighted by molar-refractivity contribution is -0.384. The smallest absolute Gasteiger partial charge is 0.272 e. The number of para-hydroxylation sites is 2. The molecule has 0 saturated heterocycles. The van der Waals surface area contributed by atoms with E-state index in [1.807, 2.05) is 6.92 Å². The Morgan fingerprint density at radius 3 is 2.71 bits per heavy atom. The fourth-order valence-corrected chi connectivity index (χ4v) is 1.52. The second kappa shape index (κ2) is 5.98. The second-order valence-electron chi connectivity index (χ2n) is 4.33. The molecule has 0 heterocycles. The monoisotopic (exact) mass is 235 g/mol. The zero-order valence-electron chi connectivity index (χ0n) is 10.3. The van der Waals surface area contributed by atoms with E-state index in [9.17, 15) is 10.1 Å². The Labute approximate surface area is 101 Å². The quantitative estimate of drug-likeness (QED) is 0.483. The molecule has 0 aromatic heterocycles. The first-order chi connectivity index (χ1) is 8.00. The minimum Gasteiger partial charge on any atom is -0.272 e. The molecule has 0 aliphatic rings. The minimum atomic E-state index is -0.421. The number of hydrazone groups is 1. The molecule has 0 spiro atoms. The Bertz CT molecular complexity index is 428. The lowest BCUT2D eigenvalue weighted by Gasteiger charge is -2.05. The van der Waals surface area contributed by atoms with Crippen molar-refractivity contribution < 1.29 is 4.92 Å². The van der Waals surface area contributed by atoms with Gasteiger partial charge in [-0.1, -0.05) is 26.0 Å². The average molecular weight is 235 g/mol. The van der Waals surface area contributed by atoms with Crippen molar-refractivity contribution in [3.8, 4) is 0 Å². The van der Waals surface area contributed by atoms with Crippen molar-refractivity contribution in [1.82, 2.24) is 0 Å². The van der Waals surface area contributed by atoms with Crippen LogP contribution in [0.5, 0.6) is 0 Å². The van der Waals surface area contributed by atoms with Gasteiger partial charge in [0.05, 0.1) is 4.92 Å². The van der Waals surface area contributed by atoms with E-state index in [-0.39, 0.29) is 5.69 Å². The van der Waals surface area contributed by atoms with Crippen LogP contribution in [-0.2, 0) is 0 Å². The molecule has 5 nitrogen and oxygen atoms in total. The molecule has 5 heteroatoms. The molecule has 0 saturated carbocycles. The van der Waals surface area contributed by atoms with Crippen LogP contribution in [0.2, 0.25) is 0 Å². The number of hydrogen-bond acceptors (Lipinski definition) is 4. The molecule has 92 valence electrons. The molecule has 1 aromatic carbocycles. The Kier molecular flexibility index (Phi) is 4.63. The van der Waals surface area contributed by atoms with Gasteiger partial charge >= 0.3 is 0 Å². The summed E-state index contributed by atoms with van der Waals surface area (Å²) in [5, 5.41) is 14.9. The largest absolute Gasteiger partial charge is 0.294 e. The molecule has 0 radical (unpaired) electrons. The summed E-state index contributed by atoms with van der Waals surface area (Å²) in [5.41, 5.74) is 4.13. The summed E-state index contributed by atoms with van der Waals surface area (Å²) < 4.78 is 0. The predicted octanol–water partition coefficient (Wildman–Crippen LogP) is 3.43. The number of rotatable bonds is 5. The Morgan fingerprint density at radius 2 is 2.12 bits per heavy atom. The first-order valence-corrected chi connectivity index (χ1v) is 5.53. The third kappa shape index (κ3) is 4.22. The van der Waals surface area contributed by atoms with Crippen molar-refractivity contribution in [3.63, 3.8) is 0 Å². The molecule has 0 unspecified atom stereocenters. The van der Waals surface area contributed by atoms with E-state index >= 15 is 0 Å². The van der Waals surface area contributed by atoms with Gasteiger partial charge in [-0.3, -0.25) is 15.5 Å². The molecule has 1 aromatic rings. The van der Waals surface area contributed by atoms with Gasteiger partial charge in [-0.15, -0.1) is 0 Å². The van der Waals surface area contributed by atoms with Crippen LogP contribution in [0.3, 0.4) is 0 Å². The van der Waals surface area contributed by atoms with Gasteiger partial charge < -0.3 is 0 Å². The number of hydrogen-bond donors (Lipinski definition) is 1. The van der Waals surface area contributed by atoms with Gasteiger partial charge in [0, 0.05) is 11.8 Å². The van der Waals surface area contributed by atoms with Crippen LogP contribution in [0.15, 0.2) is 29.4 Å². The molecule has 1 N–H and O–H groups in total. The fraction of sp³-hybridized carbons (Fsp3) is 0.417. The summed E-state index contributed by atoms with van der Waals surface area (Å²) in [6.07, 6.45) is 0.869. The summed E-state index contributed by atoms with van der Waals surface area (Å²) in [7, 11) is 0. The van der Waals surface area contributed by atoms with Crippen LogP contribution in [0.1, 0.15) is 27.2 Å². The molecular formula is C12H17N3O2. The molecule has 0 aliphatic carbocycles. The fourth-order valence-electron chi connectivity index (χ4n) is 1.52. The summed E-state index contributed by atoms with van der Waals surface area (Å²) >= 11 is 0. The van der Waals surface area contributed by atoms with Gasteiger partial charge in [-0.2, -0.15) is 5.10 Å². The number of nitrogens with zero attached hydrogens (tertiary/aromatic N) is 2. The highest BCUT2D eigenvalue weighted by atomic mass is 16.6. The van der Waals surface area contributed by atoms with Gasteiger partial charge in [0.25, 0.3) is 5.69 Å². The molecule has 0 atom stereocenters. The number of nitrogens with one attached hydrogen (secondary N) is 1. The third-order valence-corrected chi connectivity index (χ3v) is 2.17. The summed E-state index contributed by atoms with van der Waals surface area (Å²) in [5.74, 6) is 0.520. The van der Waals surface area contributed by atoms with Gasteiger partial charge in [-0.25, -0.2) is 0 Å². The van der Waals surface area contributed by atoms with E-state index in [2.05, 4.69) is 24.4 Å². The van der Waals surface area contributed by atoms with Gasteiger partial charge in [0.1, 0.15) is 5.69 Å². The van der Waals surface area contributed by atoms with Crippen LogP contribution in [0, 0.1) is 16.0 Å². The van der Waals surface area contributed by atoms with E-state index < -0.39 is 4.92 Å². The first-order valence-electron chi connectivity index (χ1n) is 5.53. The highest BCUT2D eigenvalue weighted by Crippen LogP contribution is 2.23. The van der Waals surface area contributed by atoms with Crippen molar-refractivity contribution in [2.24, 2.45) is 11.0 Å². The first kappa shape index (κ1) is 13.2. The van der Waals surface area contributed by atoms with Crippen LogP contribution in [0.25, 0.3) is 0 Å². The van der Waals surface area contributed by atoms with Crippen molar-refractivity contribution in [1.29, 1.82) is 0 Å². The van der Waals surface area contributed by atoms with Gasteiger partial charge in [0.2, 0.25) is 0 Å². The van der Waals surface area contributed by atoms with E-state index in [0.29, 0.717) is 11.6 Å². The maximum Gasteiger partial charge on any atom is 0.294 e. The SMILES string of the molecule is C/C(CC(C)C)=N\Nc1ccccc1[N+](=O)[O-]. The van der Waals surface area contributed by atoms with Gasteiger partial charge in [-0.05, 0) is 25.3 Å². The Balaban J connectivity index is 2.78. The van der Waals surface area contributed by atoms with E-state index in [4.69, 9.17) is 0 Å². The second-order valence-corrected chi connectivity index (χ2v) is 4.33. The highest BCUT2D eigenvalue weighted by Gasteiger charge is 2.11. The zero-order valence-corrected chi connectivity index (χ0v) is 10.3. The van der Waals surface area contributed by atoms with E-state index in [1.54, 1.807) is 18.2 Å². The number of nitro benzene ring substituents is 1. The lowest BCUT2D eigenvalue weighted by atomic mass is 10.1. The lowest BCUT2D eigenvalue weighted by Crippen LogP contribution is -2.03. The standard InChI is InChI=1S/C12H17N3O2/c1-9(2)8-10(3)13-14-11-6-4-5-7-12(11)15(16)17/h4-7,9,14H,8H2,1-3H3/b13-10+. The maximum absolute atomic E-state index is 10.8. The van der Waals surface area contributed by atoms with Crippen molar-refractivity contribution >= 4 is 17.1 Å². The summed E-state index contributed by atoms with van der Waals surface area (Å²) in [4.78, 5) is 10.3. The molecule has 1 rings (SSSR count). The average Bonchev–Trinajstić information content (AvgIpc) is 2.25. The van der Waals surface area contributed by atoms with Crippen LogP contribution in [-0.4, -0.2) is 10.6 Å². The molecule has 0 amide bonds. The van der Waals surface area contributed by atoms with E-state index in [1.165, 1.54) is 6.07 Å². The topological polar surface area (TPSA) is 67.5 Å². The van der Waals surface area contributed by atoms with Crippen molar-refractivity contribution in [3.05, 3.63) is 34.4 Å². The van der Waals surface area contributed by atoms with E-state index in [0.717, 1.165) is 12.1 Å². The van der Waals surface area contributed by atoms with Crippen LogP contribution < -0.4 is 5.43 Å². The predicted molar refractivity (Wildman–Crippen MR) is 69.3 cm³/mol. The molecular weight excluding hydrogens is 218 g/mol. The van der Waals surface area contributed by atoms with Crippen LogP contribution >= 0.6 is 0 Å². The normalized spacial score (nSPS) is 11.6. The van der Waals surface area contributed by atoms with Gasteiger partial charge in [0.15, 0.2) is 0 Å². The molecule has 0 aliphatic heterocycles. The number of benzene rings is 1. The van der Waals surface area contributed by atoms with Crippen molar-refractivity contribution in [2.45, 2.75) is 27.2 Å². The van der Waals surface area contributed by atoms with Crippen LogP contribution in [0.4, 0.5) is 11.4 Å². The minimum absolute atomic E-state index is 0.0357. The zero-order chi connectivity index (χ0) is 12.8.